The number of benzene rings is 1. The minimum Gasteiger partial charge on any atom is -0.459 e. The zero-order valence-electron chi connectivity index (χ0n) is 17.5. The van der Waals surface area contributed by atoms with E-state index in [1.165, 1.54) is 35.5 Å². The minimum atomic E-state index is -0.471. The summed E-state index contributed by atoms with van der Waals surface area (Å²) in [5, 5.41) is 5.08. The lowest BCUT2D eigenvalue weighted by molar-refractivity contribution is 0.0380. The number of carbonyl (C=O) groups is 2. The van der Waals surface area contributed by atoms with Crippen molar-refractivity contribution in [3.63, 3.8) is 0 Å². The molecule has 0 bridgehead atoms. The van der Waals surface area contributed by atoms with Gasteiger partial charge in [-0.1, -0.05) is 38.1 Å². The second-order valence-electron chi connectivity index (χ2n) is 7.28. The van der Waals surface area contributed by atoms with Gasteiger partial charge in [0, 0.05) is 23.3 Å². The van der Waals surface area contributed by atoms with E-state index in [1.54, 1.807) is 13.8 Å². The Kier molecular flexibility index (Phi) is 6.95. The Morgan fingerprint density at radius 1 is 1.13 bits per heavy atom. The fraction of sp³-hybridized carbons (Fsp3) is 0.304. The van der Waals surface area contributed by atoms with Gasteiger partial charge in [0.25, 0.3) is 5.91 Å². The predicted octanol–water partition coefficient (Wildman–Crippen LogP) is 5.54. The normalized spacial score (nSPS) is 11.9. The van der Waals surface area contributed by atoms with Gasteiger partial charge >= 0.3 is 5.97 Å². The third kappa shape index (κ3) is 4.91. The summed E-state index contributed by atoms with van der Waals surface area (Å²) in [5.74, 6) is -0.433. The van der Waals surface area contributed by atoms with Crippen LogP contribution in [0.5, 0.6) is 0 Å². The quantitative estimate of drug-likeness (QED) is 0.505. The Morgan fingerprint density at radius 3 is 2.47 bits per heavy atom. The number of hydrogen-bond donors (Lipinski definition) is 1. The van der Waals surface area contributed by atoms with Gasteiger partial charge in [-0.05, 0) is 37.3 Å². The molecule has 2 aromatic heterocycles. The number of hydrogen-bond acceptors (Lipinski definition) is 6. The van der Waals surface area contributed by atoms with Crippen LogP contribution >= 0.6 is 11.3 Å². The van der Waals surface area contributed by atoms with Gasteiger partial charge in [-0.25, -0.2) is 9.78 Å². The molecule has 6 nitrogen and oxygen atoms in total. The van der Waals surface area contributed by atoms with E-state index in [4.69, 9.17) is 4.74 Å². The number of esters is 1. The fourth-order valence-corrected chi connectivity index (χ4v) is 3.90. The number of amides is 1. The van der Waals surface area contributed by atoms with Gasteiger partial charge in [-0.2, -0.15) is 0 Å². The summed E-state index contributed by atoms with van der Waals surface area (Å²) in [6.45, 7) is 7.93. The highest BCUT2D eigenvalue weighted by molar-refractivity contribution is 7.15. The first-order chi connectivity index (χ1) is 14.4. The largest absolute Gasteiger partial charge is 0.459 e. The van der Waals surface area contributed by atoms with Gasteiger partial charge in [-0.15, -0.1) is 11.3 Å². The smallest absolute Gasteiger partial charge is 0.342 e. The van der Waals surface area contributed by atoms with E-state index in [-0.39, 0.29) is 11.8 Å². The molecule has 0 aliphatic heterocycles. The van der Waals surface area contributed by atoms with E-state index in [0.717, 1.165) is 17.5 Å². The molecule has 0 aliphatic carbocycles. The van der Waals surface area contributed by atoms with Crippen molar-refractivity contribution in [2.75, 3.05) is 5.32 Å². The van der Waals surface area contributed by atoms with Crippen LogP contribution in [0.3, 0.4) is 0 Å². The Labute approximate surface area is 180 Å². The van der Waals surface area contributed by atoms with Gasteiger partial charge in [0.05, 0.1) is 12.3 Å². The van der Waals surface area contributed by atoms with Crippen LogP contribution in [-0.2, 0) is 4.74 Å². The van der Waals surface area contributed by atoms with Crippen molar-refractivity contribution in [2.24, 2.45) is 0 Å². The summed E-state index contributed by atoms with van der Waals surface area (Å²) in [6.07, 6.45) is 5.10. The summed E-state index contributed by atoms with van der Waals surface area (Å²) >= 11 is 1.28. The summed E-state index contributed by atoms with van der Waals surface area (Å²) in [4.78, 5) is 33.4. The zero-order chi connectivity index (χ0) is 21.7. The molecule has 30 heavy (non-hydrogen) atoms. The van der Waals surface area contributed by atoms with Gasteiger partial charge in [0.15, 0.2) is 0 Å². The molecule has 0 aliphatic rings. The summed E-state index contributed by atoms with van der Waals surface area (Å²) < 4.78 is 5.45. The average Bonchev–Trinajstić information content (AvgIpc) is 3.17. The summed E-state index contributed by atoms with van der Waals surface area (Å²) in [6, 6.07) is 8.17. The van der Waals surface area contributed by atoms with Crippen molar-refractivity contribution >= 4 is 28.2 Å². The molecule has 3 aromatic rings. The molecule has 3 rings (SSSR count). The first-order valence-electron chi connectivity index (χ1n) is 9.90. The molecular formula is C23H25N3O3S. The maximum absolute atomic E-state index is 12.9. The van der Waals surface area contributed by atoms with Crippen molar-refractivity contribution in [3.05, 3.63) is 65.1 Å². The van der Waals surface area contributed by atoms with Gasteiger partial charge in [-0.3, -0.25) is 9.78 Å². The average molecular weight is 424 g/mol. The van der Waals surface area contributed by atoms with Crippen LogP contribution in [0.2, 0.25) is 0 Å². The van der Waals surface area contributed by atoms with Crippen molar-refractivity contribution in [1.29, 1.82) is 0 Å². The molecule has 1 amide bonds. The molecule has 7 heteroatoms. The minimum absolute atomic E-state index is 0.175. The molecule has 1 unspecified atom stereocenters. The molecule has 0 spiro atoms. The maximum atomic E-state index is 12.9. The van der Waals surface area contributed by atoms with Crippen molar-refractivity contribution < 1.29 is 14.3 Å². The molecular weight excluding hydrogens is 398 g/mol. The van der Waals surface area contributed by atoms with E-state index in [9.17, 15) is 9.59 Å². The molecule has 0 saturated heterocycles. The SMILES string of the molecule is CCC(C)c1ccc(-c2csc(NC(=O)c3cnccn3)c2C(=O)OC(C)C)cc1. The van der Waals surface area contributed by atoms with E-state index in [0.29, 0.717) is 16.5 Å². The molecule has 0 radical (unpaired) electrons. The molecule has 0 saturated carbocycles. The molecule has 1 N–H and O–H groups in total. The first kappa shape index (κ1) is 21.6. The number of rotatable bonds is 7. The number of nitrogens with one attached hydrogen (secondary N) is 1. The lowest BCUT2D eigenvalue weighted by Crippen LogP contribution is -2.17. The van der Waals surface area contributed by atoms with Crippen LogP contribution in [0.4, 0.5) is 5.00 Å². The van der Waals surface area contributed by atoms with Crippen LogP contribution in [0.1, 0.15) is 66.4 Å². The van der Waals surface area contributed by atoms with E-state index < -0.39 is 11.9 Å². The van der Waals surface area contributed by atoms with E-state index in [2.05, 4.69) is 41.3 Å². The number of carbonyl (C=O) groups excluding carboxylic acids is 2. The number of anilines is 1. The second kappa shape index (κ2) is 9.63. The Bertz CT molecular complexity index is 1010. The predicted molar refractivity (Wildman–Crippen MR) is 119 cm³/mol. The van der Waals surface area contributed by atoms with Crippen molar-refractivity contribution in [1.82, 2.24) is 9.97 Å². The Hall–Kier alpha value is -3.06. The first-order valence-corrected chi connectivity index (χ1v) is 10.8. The second-order valence-corrected chi connectivity index (χ2v) is 8.16. The highest BCUT2D eigenvalue weighted by Gasteiger charge is 2.24. The molecule has 0 fully saturated rings. The third-order valence-corrected chi connectivity index (χ3v) is 5.66. The molecule has 156 valence electrons. The number of nitrogens with zero attached hydrogens (tertiary/aromatic N) is 2. The van der Waals surface area contributed by atoms with E-state index in [1.807, 2.05) is 17.5 Å². The highest BCUT2D eigenvalue weighted by Crippen LogP contribution is 2.37. The molecule has 1 aromatic carbocycles. The maximum Gasteiger partial charge on any atom is 0.342 e. The van der Waals surface area contributed by atoms with Crippen molar-refractivity contribution in [2.45, 2.75) is 46.1 Å². The van der Waals surface area contributed by atoms with Crippen LogP contribution in [0.15, 0.2) is 48.2 Å². The van der Waals surface area contributed by atoms with Crippen LogP contribution in [-0.4, -0.2) is 27.9 Å². The molecule has 2 heterocycles. The standard InChI is InChI=1S/C23H25N3O3S/c1-5-15(4)16-6-8-17(9-7-16)18-13-30-22(20(18)23(28)29-14(2)3)26-21(27)19-12-24-10-11-25-19/h6-15H,5H2,1-4H3,(H,26,27). The number of thiophene rings is 1. The summed E-state index contributed by atoms with van der Waals surface area (Å²) in [5.41, 5.74) is 3.40. The third-order valence-electron chi connectivity index (χ3n) is 4.76. The van der Waals surface area contributed by atoms with E-state index >= 15 is 0 Å². The number of ether oxygens (including phenoxy) is 1. The lowest BCUT2D eigenvalue weighted by atomic mass is 9.95. The highest BCUT2D eigenvalue weighted by atomic mass is 32.1. The topological polar surface area (TPSA) is 81.2 Å². The van der Waals surface area contributed by atoms with Gasteiger partial charge < -0.3 is 10.1 Å². The van der Waals surface area contributed by atoms with Crippen LogP contribution < -0.4 is 5.32 Å². The summed E-state index contributed by atoms with van der Waals surface area (Å²) in [7, 11) is 0. The fourth-order valence-electron chi connectivity index (χ4n) is 2.95. The zero-order valence-corrected chi connectivity index (χ0v) is 18.3. The van der Waals surface area contributed by atoms with Gasteiger partial charge in [0.2, 0.25) is 0 Å². The number of aromatic nitrogens is 2. The lowest BCUT2D eigenvalue weighted by Gasteiger charge is -2.13. The van der Waals surface area contributed by atoms with Crippen LogP contribution in [0, 0.1) is 0 Å². The molecule has 1 atom stereocenters. The van der Waals surface area contributed by atoms with Gasteiger partial charge in [0.1, 0.15) is 16.3 Å². The monoisotopic (exact) mass is 423 g/mol. The Morgan fingerprint density at radius 2 is 1.87 bits per heavy atom. The van der Waals surface area contributed by atoms with Crippen molar-refractivity contribution in [3.8, 4) is 11.1 Å². The Balaban J connectivity index is 1.97. The van der Waals surface area contributed by atoms with Crippen LogP contribution in [0.25, 0.3) is 11.1 Å².